The fourth-order valence-electron chi connectivity index (χ4n) is 1.63. The molecule has 1 aromatic heterocycles. The van der Waals surface area contributed by atoms with E-state index in [2.05, 4.69) is 10.3 Å². The molecule has 1 amide bonds. The first kappa shape index (κ1) is 13.9. The van der Waals surface area contributed by atoms with Crippen molar-refractivity contribution in [3.8, 4) is 0 Å². The molecule has 0 saturated carbocycles. The van der Waals surface area contributed by atoms with Crippen LogP contribution in [0.3, 0.4) is 0 Å². The van der Waals surface area contributed by atoms with Gasteiger partial charge in [0.25, 0.3) is 5.91 Å². The summed E-state index contributed by atoms with van der Waals surface area (Å²) in [5.41, 5.74) is 1.57. The highest BCUT2D eigenvalue weighted by Gasteiger charge is 2.10. The van der Waals surface area contributed by atoms with Gasteiger partial charge in [0.1, 0.15) is 5.82 Å². The van der Waals surface area contributed by atoms with E-state index in [0.29, 0.717) is 16.4 Å². The van der Waals surface area contributed by atoms with E-state index in [9.17, 15) is 4.79 Å². The predicted molar refractivity (Wildman–Crippen MR) is 80.9 cm³/mol. The zero-order valence-corrected chi connectivity index (χ0v) is 12.0. The second-order valence-corrected chi connectivity index (χ2v) is 5.19. The number of carbonyl (C=O) groups is 1. The molecule has 0 aliphatic carbocycles. The lowest BCUT2D eigenvalue weighted by atomic mass is 10.2. The van der Waals surface area contributed by atoms with Crippen LogP contribution in [0, 0.1) is 0 Å². The zero-order chi connectivity index (χ0) is 13.7. The van der Waals surface area contributed by atoms with Crippen LogP contribution in [0.5, 0.6) is 0 Å². The summed E-state index contributed by atoms with van der Waals surface area (Å²) in [6.07, 6.45) is 3.72. The van der Waals surface area contributed by atoms with E-state index in [1.807, 2.05) is 18.4 Å². The molecule has 0 saturated heterocycles. The quantitative estimate of drug-likeness (QED) is 0.930. The molecule has 1 heterocycles. The van der Waals surface area contributed by atoms with Crippen LogP contribution >= 0.6 is 23.4 Å². The maximum atomic E-state index is 12.1. The van der Waals surface area contributed by atoms with Crippen molar-refractivity contribution in [2.24, 2.45) is 0 Å². The molecule has 0 fully saturated rings. The number of carbonyl (C=O) groups excluding carboxylic acids is 1. The van der Waals surface area contributed by atoms with Gasteiger partial charge >= 0.3 is 0 Å². The Morgan fingerprint density at radius 3 is 2.89 bits per heavy atom. The van der Waals surface area contributed by atoms with E-state index >= 15 is 0 Å². The first-order valence-electron chi connectivity index (χ1n) is 5.70. The van der Waals surface area contributed by atoms with Gasteiger partial charge in [-0.1, -0.05) is 23.7 Å². The molecule has 0 radical (unpaired) electrons. The molecule has 0 aliphatic heterocycles. The lowest BCUT2D eigenvalue weighted by Crippen LogP contribution is -2.13. The highest BCUT2D eigenvalue weighted by atomic mass is 35.5. The molecule has 0 unspecified atom stereocenters. The van der Waals surface area contributed by atoms with Crippen LogP contribution < -0.4 is 5.32 Å². The van der Waals surface area contributed by atoms with E-state index in [-0.39, 0.29) is 5.91 Å². The summed E-state index contributed by atoms with van der Waals surface area (Å²) in [5.74, 6) is 1.17. The third kappa shape index (κ3) is 3.72. The Balaban J connectivity index is 2.15. The highest BCUT2D eigenvalue weighted by molar-refractivity contribution is 7.97. The molecule has 1 N–H and O–H groups in total. The Labute approximate surface area is 121 Å². The Morgan fingerprint density at radius 1 is 1.37 bits per heavy atom. The standard InChI is InChI=1S/C14H13ClN2OS/c1-19-9-10-6-7-16-13(8-10)17-14(18)11-4-2-3-5-12(11)15/h2-8H,9H2,1H3,(H,16,17,18). The number of thioether (sulfide) groups is 1. The van der Waals surface area contributed by atoms with Crippen molar-refractivity contribution in [1.29, 1.82) is 0 Å². The van der Waals surface area contributed by atoms with Gasteiger partial charge < -0.3 is 5.32 Å². The average Bonchev–Trinajstić information content (AvgIpc) is 2.40. The van der Waals surface area contributed by atoms with Crippen molar-refractivity contribution in [3.05, 3.63) is 58.7 Å². The minimum atomic E-state index is -0.251. The Kier molecular flexibility index (Phi) is 4.82. The van der Waals surface area contributed by atoms with Crippen LogP contribution in [0.4, 0.5) is 5.82 Å². The van der Waals surface area contributed by atoms with Gasteiger partial charge in [0.2, 0.25) is 0 Å². The summed E-state index contributed by atoms with van der Waals surface area (Å²) < 4.78 is 0. The van der Waals surface area contributed by atoms with E-state index in [4.69, 9.17) is 11.6 Å². The maximum Gasteiger partial charge on any atom is 0.258 e. The number of nitrogens with zero attached hydrogens (tertiary/aromatic N) is 1. The third-order valence-electron chi connectivity index (χ3n) is 2.50. The summed E-state index contributed by atoms with van der Waals surface area (Å²) >= 11 is 7.70. The molecule has 5 heteroatoms. The van der Waals surface area contributed by atoms with Gasteiger partial charge in [-0.2, -0.15) is 11.8 Å². The molecule has 1 aromatic carbocycles. The van der Waals surface area contributed by atoms with Crippen molar-refractivity contribution >= 4 is 35.1 Å². The SMILES string of the molecule is CSCc1ccnc(NC(=O)c2ccccc2Cl)c1. The molecule has 0 aliphatic rings. The number of amides is 1. The van der Waals surface area contributed by atoms with E-state index in [0.717, 1.165) is 11.3 Å². The summed E-state index contributed by atoms with van der Waals surface area (Å²) in [5, 5.41) is 3.18. The molecule has 3 nitrogen and oxygen atoms in total. The molecule has 2 aromatic rings. The Bertz CT molecular complexity index is 589. The zero-order valence-electron chi connectivity index (χ0n) is 10.4. The van der Waals surface area contributed by atoms with Gasteiger partial charge in [0.05, 0.1) is 10.6 Å². The summed E-state index contributed by atoms with van der Waals surface area (Å²) in [6.45, 7) is 0. The van der Waals surface area contributed by atoms with Crippen molar-refractivity contribution in [3.63, 3.8) is 0 Å². The first-order valence-corrected chi connectivity index (χ1v) is 7.47. The van der Waals surface area contributed by atoms with Crippen LogP contribution in [0.25, 0.3) is 0 Å². The molecule has 0 atom stereocenters. The van der Waals surface area contributed by atoms with Crippen molar-refractivity contribution < 1.29 is 4.79 Å². The summed E-state index contributed by atoms with van der Waals surface area (Å²) in [4.78, 5) is 16.2. The van der Waals surface area contributed by atoms with E-state index in [1.165, 1.54) is 0 Å². The lowest BCUT2D eigenvalue weighted by molar-refractivity contribution is 0.102. The van der Waals surface area contributed by atoms with Crippen LogP contribution in [0.1, 0.15) is 15.9 Å². The number of benzene rings is 1. The van der Waals surface area contributed by atoms with E-state index < -0.39 is 0 Å². The maximum absolute atomic E-state index is 12.1. The average molecular weight is 293 g/mol. The van der Waals surface area contributed by atoms with Gasteiger partial charge in [0, 0.05) is 11.9 Å². The Hall–Kier alpha value is -1.52. The highest BCUT2D eigenvalue weighted by Crippen LogP contribution is 2.17. The number of nitrogens with one attached hydrogen (secondary N) is 1. The van der Waals surface area contributed by atoms with Crippen molar-refractivity contribution in [2.45, 2.75) is 5.75 Å². The largest absolute Gasteiger partial charge is 0.307 e. The normalized spacial score (nSPS) is 10.2. The number of halogens is 1. The van der Waals surface area contributed by atoms with Crippen LogP contribution in [0.15, 0.2) is 42.6 Å². The van der Waals surface area contributed by atoms with Crippen LogP contribution in [0.2, 0.25) is 5.02 Å². The van der Waals surface area contributed by atoms with Gasteiger partial charge in [-0.15, -0.1) is 0 Å². The first-order chi connectivity index (χ1) is 9.20. The number of pyridine rings is 1. The minimum Gasteiger partial charge on any atom is -0.307 e. The topological polar surface area (TPSA) is 42.0 Å². The monoisotopic (exact) mass is 292 g/mol. The number of anilines is 1. The molecular formula is C14H13ClN2OS. The fourth-order valence-corrected chi connectivity index (χ4v) is 2.36. The van der Waals surface area contributed by atoms with E-state index in [1.54, 1.807) is 42.2 Å². The summed E-state index contributed by atoms with van der Waals surface area (Å²) in [7, 11) is 0. The molecular weight excluding hydrogens is 280 g/mol. The second-order valence-electron chi connectivity index (χ2n) is 3.92. The minimum absolute atomic E-state index is 0.251. The van der Waals surface area contributed by atoms with Crippen LogP contribution in [-0.2, 0) is 5.75 Å². The smallest absolute Gasteiger partial charge is 0.258 e. The lowest BCUT2D eigenvalue weighted by Gasteiger charge is -2.07. The number of aromatic nitrogens is 1. The predicted octanol–water partition coefficient (Wildman–Crippen LogP) is 3.85. The van der Waals surface area contributed by atoms with Crippen molar-refractivity contribution in [1.82, 2.24) is 4.98 Å². The van der Waals surface area contributed by atoms with Gasteiger partial charge in [-0.3, -0.25) is 4.79 Å². The van der Waals surface area contributed by atoms with Crippen LogP contribution in [-0.4, -0.2) is 17.1 Å². The van der Waals surface area contributed by atoms with Crippen molar-refractivity contribution in [2.75, 3.05) is 11.6 Å². The van der Waals surface area contributed by atoms with Gasteiger partial charge in [0.15, 0.2) is 0 Å². The van der Waals surface area contributed by atoms with Gasteiger partial charge in [-0.25, -0.2) is 4.98 Å². The molecule has 19 heavy (non-hydrogen) atoms. The molecule has 2 rings (SSSR count). The number of hydrogen-bond acceptors (Lipinski definition) is 3. The molecule has 0 spiro atoms. The number of hydrogen-bond donors (Lipinski definition) is 1. The summed E-state index contributed by atoms with van der Waals surface area (Å²) in [6, 6.07) is 10.7. The molecule has 98 valence electrons. The van der Waals surface area contributed by atoms with Gasteiger partial charge in [-0.05, 0) is 36.1 Å². The third-order valence-corrected chi connectivity index (χ3v) is 3.45. The fraction of sp³-hybridized carbons (Fsp3) is 0.143. The Morgan fingerprint density at radius 2 is 2.16 bits per heavy atom. The molecule has 0 bridgehead atoms. The number of rotatable bonds is 4. The second kappa shape index (κ2) is 6.59.